The number of urea groups is 1. The van der Waals surface area contributed by atoms with Crippen molar-refractivity contribution in [2.24, 2.45) is 0 Å². The van der Waals surface area contributed by atoms with Gasteiger partial charge in [0.05, 0.1) is 5.69 Å². The molecule has 1 saturated heterocycles. The molecule has 1 fully saturated rings. The minimum atomic E-state index is -0.0907. The molecule has 0 unspecified atom stereocenters. The number of aromatic nitrogens is 5. The van der Waals surface area contributed by atoms with E-state index in [9.17, 15) is 4.79 Å². The van der Waals surface area contributed by atoms with Gasteiger partial charge in [-0.2, -0.15) is 9.61 Å². The van der Waals surface area contributed by atoms with Gasteiger partial charge < -0.3 is 4.90 Å². The lowest BCUT2D eigenvalue weighted by molar-refractivity contribution is 0.193. The second-order valence-electron chi connectivity index (χ2n) is 8.26. The summed E-state index contributed by atoms with van der Waals surface area (Å²) in [6.45, 7) is 9.76. The Morgan fingerprint density at radius 1 is 1.21 bits per heavy atom. The minimum absolute atomic E-state index is 0.0363. The average Bonchev–Trinajstić information content (AvgIpc) is 3.26. The number of nitrogens with zero attached hydrogens (tertiary/aromatic N) is 6. The molecule has 0 saturated carbocycles. The molecule has 0 atom stereocenters. The first-order chi connectivity index (χ1) is 13.3. The minimum Gasteiger partial charge on any atom is -0.324 e. The third kappa shape index (κ3) is 3.71. The number of likely N-dealkylation sites (tertiary alicyclic amines) is 1. The molecule has 0 radical (unpaired) electrons. The van der Waals surface area contributed by atoms with Crippen LogP contribution in [0.15, 0.2) is 18.3 Å². The monoisotopic (exact) mass is 399 g/mol. The molecule has 1 aliphatic heterocycles. The summed E-state index contributed by atoms with van der Waals surface area (Å²) in [5.74, 6) is 1.13. The number of anilines is 1. The summed E-state index contributed by atoms with van der Waals surface area (Å²) in [7, 11) is 0. The lowest BCUT2D eigenvalue weighted by Gasteiger charge is -2.30. The third-order valence-corrected chi connectivity index (χ3v) is 5.87. The molecular weight excluding hydrogens is 374 g/mol. The molecule has 148 valence electrons. The van der Waals surface area contributed by atoms with Gasteiger partial charge in [-0.1, -0.05) is 20.8 Å². The lowest BCUT2D eigenvalue weighted by atomic mass is 9.92. The Bertz CT molecular complexity index is 995. The van der Waals surface area contributed by atoms with Crippen molar-refractivity contribution in [1.29, 1.82) is 0 Å². The molecule has 8 nitrogen and oxygen atoms in total. The summed E-state index contributed by atoms with van der Waals surface area (Å²) in [6, 6.07) is 3.90. The summed E-state index contributed by atoms with van der Waals surface area (Å²) in [6.07, 6.45) is 3.45. The Hall–Kier alpha value is -2.55. The standard InChI is InChI=1S/C19H25N7OS/c1-12-11-20-17(28-12)21-18(27)25-9-7-13(8-10-25)16-23-22-15-6-5-14(19(2,3)4)24-26(15)16/h5-6,11,13H,7-10H2,1-4H3,(H,20,21,27). The van der Waals surface area contributed by atoms with Gasteiger partial charge in [0, 0.05) is 35.5 Å². The highest BCUT2D eigenvalue weighted by Gasteiger charge is 2.28. The van der Waals surface area contributed by atoms with Crippen LogP contribution in [0.1, 0.15) is 55.9 Å². The van der Waals surface area contributed by atoms with E-state index in [0.29, 0.717) is 18.2 Å². The largest absolute Gasteiger partial charge is 0.324 e. The molecule has 0 spiro atoms. The highest BCUT2D eigenvalue weighted by atomic mass is 32.1. The van der Waals surface area contributed by atoms with E-state index in [1.165, 1.54) is 11.3 Å². The van der Waals surface area contributed by atoms with Crippen LogP contribution in [0.25, 0.3) is 5.65 Å². The second-order valence-corrected chi connectivity index (χ2v) is 9.50. The molecule has 4 heterocycles. The van der Waals surface area contributed by atoms with Crippen molar-refractivity contribution in [2.45, 2.75) is 51.9 Å². The van der Waals surface area contributed by atoms with Crippen LogP contribution < -0.4 is 5.32 Å². The highest BCUT2D eigenvalue weighted by molar-refractivity contribution is 7.15. The first kappa shape index (κ1) is 18.8. The Balaban J connectivity index is 1.45. The van der Waals surface area contributed by atoms with Crippen LogP contribution in [0.5, 0.6) is 0 Å². The first-order valence-electron chi connectivity index (χ1n) is 9.52. The normalized spacial score (nSPS) is 15.9. The zero-order chi connectivity index (χ0) is 19.9. The maximum Gasteiger partial charge on any atom is 0.323 e. The molecule has 0 bridgehead atoms. The quantitative estimate of drug-likeness (QED) is 0.711. The number of carbonyl (C=O) groups excluding carboxylic acids is 1. The first-order valence-corrected chi connectivity index (χ1v) is 10.3. The maximum absolute atomic E-state index is 12.5. The number of hydrogen-bond acceptors (Lipinski definition) is 6. The Labute approximate surface area is 168 Å². The Kier molecular flexibility index (Phi) is 4.78. The summed E-state index contributed by atoms with van der Waals surface area (Å²) in [5, 5.41) is 17.0. The van der Waals surface area contributed by atoms with Gasteiger partial charge in [-0.3, -0.25) is 5.32 Å². The Morgan fingerprint density at radius 2 is 1.96 bits per heavy atom. The van der Waals surface area contributed by atoms with Crippen LogP contribution in [-0.4, -0.2) is 48.8 Å². The number of piperidine rings is 1. The fraction of sp³-hybridized carbons (Fsp3) is 0.526. The summed E-state index contributed by atoms with van der Waals surface area (Å²) >= 11 is 1.48. The summed E-state index contributed by atoms with van der Waals surface area (Å²) in [4.78, 5) is 19.6. The van der Waals surface area contributed by atoms with Gasteiger partial charge in [0.25, 0.3) is 0 Å². The predicted molar refractivity (Wildman–Crippen MR) is 109 cm³/mol. The van der Waals surface area contributed by atoms with Crippen molar-refractivity contribution >= 4 is 28.1 Å². The van der Waals surface area contributed by atoms with Gasteiger partial charge in [-0.15, -0.1) is 21.5 Å². The SMILES string of the molecule is Cc1cnc(NC(=O)N2CCC(c3nnc4ccc(C(C)(C)C)nn34)CC2)s1. The highest BCUT2D eigenvalue weighted by Crippen LogP contribution is 2.28. The van der Waals surface area contributed by atoms with Gasteiger partial charge in [-0.25, -0.2) is 9.78 Å². The molecule has 2 amide bonds. The van der Waals surface area contributed by atoms with Gasteiger partial charge in [0.2, 0.25) is 0 Å². The average molecular weight is 400 g/mol. The lowest BCUT2D eigenvalue weighted by Crippen LogP contribution is -2.40. The molecule has 1 aliphatic rings. The van der Waals surface area contributed by atoms with Crippen LogP contribution in [0.2, 0.25) is 0 Å². The molecule has 0 aliphatic carbocycles. The second kappa shape index (κ2) is 7.12. The number of carbonyl (C=O) groups is 1. The van der Waals surface area contributed by atoms with E-state index in [1.807, 2.05) is 28.5 Å². The van der Waals surface area contributed by atoms with Crippen molar-refractivity contribution in [3.63, 3.8) is 0 Å². The maximum atomic E-state index is 12.5. The number of amides is 2. The number of fused-ring (bicyclic) bond motifs is 1. The van der Waals surface area contributed by atoms with Crippen molar-refractivity contribution in [3.05, 3.63) is 34.7 Å². The van der Waals surface area contributed by atoms with Gasteiger partial charge in [-0.05, 0) is 31.9 Å². The molecule has 4 rings (SSSR count). The van der Waals surface area contributed by atoms with Gasteiger partial charge in [0.1, 0.15) is 0 Å². The summed E-state index contributed by atoms with van der Waals surface area (Å²) < 4.78 is 1.87. The fourth-order valence-corrected chi connectivity index (χ4v) is 4.04. The van der Waals surface area contributed by atoms with Crippen LogP contribution in [0.4, 0.5) is 9.93 Å². The van der Waals surface area contributed by atoms with Crippen molar-refractivity contribution in [1.82, 2.24) is 29.7 Å². The number of thiazole rings is 1. The van der Waals surface area contributed by atoms with Crippen molar-refractivity contribution in [3.8, 4) is 0 Å². The molecule has 1 N–H and O–H groups in total. The number of rotatable bonds is 2. The molecular formula is C19H25N7OS. The van der Waals surface area contributed by atoms with Crippen LogP contribution in [-0.2, 0) is 5.41 Å². The molecule has 9 heteroatoms. The van der Waals surface area contributed by atoms with E-state index in [1.54, 1.807) is 6.20 Å². The van der Waals surface area contributed by atoms with Crippen LogP contribution in [0.3, 0.4) is 0 Å². The van der Waals surface area contributed by atoms with E-state index < -0.39 is 0 Å². The van der Waals surface area contributed by atoms with Crippen molar-refractivity contribution in [2.75, 3.05) is 18.4 Å². The Morgan fingerprint density at radius 3 is 2.61 bits per heavy atom. The predicted octanol–water partition coefficient (Wildman–Crippen LogP) is 3.60. The van der Waals surface area contributed by atoms with E-state index >= 15 is 0 Å². The van der Waals surface area contributed by atoms with E-state index in [4.69, 9.17) is 5.10 Å². The van der Waals surface area contributed by atoms with Crippen molar-refractivity contribution < 1.29 is 4.79 Å². The summed E-state index contributed by atoms with van der Waals surface area (Å²) in [5.41, 5.74) is 1.74. The number of hydrogen-bond donors (Lipinski definition) is 1. The van der Waals surface area contributed by atoms with E-state index in [0.717, 1.165) is 34.9 Å². The van der Waals surface area contributed by atoms with Crippen LogP contribution in [0, 0.1) is 6.92 Å². The molecule has 0 aromatic carbocycles. The third-order valence-electron chi connectivity index (χ3n) is 5.04. The van der Waals surface area contributed by atoms with Gasteiger partial charge >= 0.3 is 6.03 Å². The topological polar surface area (TPSA) is 88.3 Å². The zero-order valence-corrected chi connectivity index (χ0v) is 17.5. The van der Waals surface area contributed by atoms with Crippen LogP contribution >= 0.6 is 11.3 Å². The molecule has 3 aromatic heterocycles. The van der Waals surface area contributed by atoms with Gasteiger partial charge in [0.15, 0.2) is 16.6 Å². The number of aryl methyl sites for hydroxylation is 1. The fourth-order valence-electron chi connectivity index (χ4n) is 3.38. The van der Waals surface area contributed by atoms with E-state index in [-0.39, 0.29) is 17.4 Å². The molecule has 3 aromatic rings. The molecule has 28 heavy (non-hydrogen) atoms. The zero-order valence-electron chi connectivity index (χ0n) is 16.6. The smallest absolute Gasteiger partial charge is 0.323 e. The van der Waals surface area contributed by atoms with E-state index in [2.05, 4.69) is 41.3 Å². The number of nitrogens with one attached hydrogen (secondary N) is 1.